The van der Waals surface area contributed by atoms with Crippen molar-refractivity contribution in [2.24, 2.45) is 0 Å². The van der Waals surface area contributed by atoms with E-state index in [1.807, 2.05) is 24.3 Å². The Hall–Kier alpha value is -3.89. The predicted octanol–water partition coefficient (Wildman–Crippen LogP) is 7.35. The van der Waals surface area contributed by atoms with Crippen LogP contribution in [0.4, 0.5) is 10.5 Å². The molecule has 3 aromatic rings. The number of nitrogens with zero attached hydrogens (tertiary/aromatic N) is 1. The maximum Gasteiger partial charge on any atom is 0.411 e. The van der Waals surface area contributed by atoms with Crippen LogP contribution in [0.15, 0.2) is 84.4 Å². The highest BCUT2D eigenvalue weighted by atomic mass is 16.5. The number of fused-ring (bicyclic) bond motifs is 2. The lowest BCUT2D eigenvalue weighted by atomic mass is 9.86. The van der Waals surface area contributed by atoms with Gasteiger partial charge < -0.3 is 4.74 Å². The average molecular weight is 477 g/mol. The zero-order chi connectivity index (χ0) is 24.7. The fourth-order valence-corrected chi connectivity index (χ4v) is 5.00. The second kappa shape index (κ2) is 11.2. The van der Waals surface area contributed by atoms with E-state index >= 15 is 0 Å². The maximum absolute atomic E-state index is 11.5. The summed E-state index contributed by atoms with van der Waals surface area (Å²) in [6.07, 6.45) is 10.6. The molecule has 0 radical (unpaired) electrons. The Morgan fingerprint density at radius 1 is 0.889 bits per heavy atom. The molecule has 5 rings (SSSR count). The van der Waals surface area contributed by atoms with Gasteiger partial charge in [0.15, 0.2) is 0 Å². The third-order valence-corrected chi connectivity index (χ3v) is 6.82. The monoisotopic (exact) mass is 476 g/mol. The standard InChI is InChI=1S/C32H32N2O2/c1-2-36-32(35)33-28-17-13-24(14-18-28)8-7-21-34-22-19-27(20-23-34)31-29-11-5-3-9-25(29)15-16-26-10-4-6-12-30(26)31/h3-18H,2,19-23H2,1H3,(H,33,35)/b8-7+. The normalized spacial score (nSPS) is 15.4. The molecule has 4 nitrogen and oxygen atoms in total. The van der Waals surface area contributed by atoms with Crippen LogP contribution < -0.4 is 5.32 Å². The van der Waals surface area contributed by atoms with Gasteiger partial charge in [0.25, 0.3) is 0 Å². The Labute approximate surface area is 213 Å². The van der Waals surface area contributed by atoms with Crippen molar-refractivity contribution in [1.82, 2.24) is 4.90 Å². The number of rotatable bonds is 5. The molecule has 1 heterocycles. The van der Waals surface area contributed by atoms with Crippen molar-refractivity contribution in [2.45, 2.75) is 19.8 Å². The average Bonchev–Trinajstić information content (AvgIpc) is 3.07. The molecule has 36 heavy (non-hydrogen) atoms. The fourth-order valence-electron chi connectivity index (χ4n) is 5.00. The molecule has 1 fully saturated rings. The second-order valence-electron chi connectivity index (χ2n) is 9.16. The minimum atomic E-state index is -0.424. The van der Waals surface area contributed by atoms with Gasteiger partial charge >= 0.3 is 6.09 Å². The first-order valence-corrected chi connectivity index (χ1v) is 12.7. The number of carbonyl (C=O) groups excluding carboxylic acids is 1. The Balaban J connectivity index is 1.24. The van der Waals surface area contributed by atoms with Crippen molar-refractivity contribution in [3.05, 3.63) is 112 Å². The number of amides is 1. The summed E-state index contributed by atoms with van der Waals surface area (Å²) < 4.78 is 4.92. The summed E-state index contributed by atoms with van der Waals surface area (Å²) in [5, 5.41) is 2.72. The third-order valence-electron chi connectivity index (χ3n) is 6.82. The molecule has 0 unspecified atom stereocenters. The lowest BCUT2D eigenvalue weighted by Gasteiger charge is -2.29. The van der Waals surface area contributed by atoms with Gasteiger partial charge in [-0.3, -0.25) is 10.2 Å². The summed E-state index contributed by atoms with van der Waals surface area (Å²) in [7, 11) is 0. The zero-order valence-corrected chi connectivity index (χ0v) is 20.7. The lowest BCUT2D eigenvalue weighted by molar-refractivity contribution is 0.168. The van der Waals surface area contributed by atoms with E-state index in [4.69, 9.17) is 4.74 Å². The van der Waals surface area contributed by atoms with E-state index < -0.39 is 6.09 Å². The van der Waals surface area contributed by atoms with E-state index in [-0.39, 0.29) is 0 Å². The first-order valence-electron chi connectivity index (χ1n) is 12.7. The van der Waals surface area contributed by atoms with Gasteiger partial charge in [0.2, 0.25) is 0 Å². The highest BCUT2D eigenvalue weighted by Crippen LogP contribution is 2.38. The van der Waals surface area contributed by atoms with Crippen LogP contribution in [0.1, 0.15) is 47.6 Å². The number of anilines is 1. The van der Waals surface area contributed by atoms with Crippen LogP contribution in [0.5, 0.6) is 0 Å². The van der Waals surface area contributed by atoms with E-state index in [1.165, 1.54) is 27.8 Å². The van der Waals surface area contributed by atoms with Crippen LogP contribution in [-0.4, -0.2) is 37.2 Å². The third kappa shape index (κ3) is 5.50. The van der Waals surface area contributed by atoms with Crippen LogP contribution in [0.2, 0.25) is 0 Å². The minimum Gasteiger partial charge on any atom is -0.450 e. The molecular formula is C32H32N2O2. The molecule has 1 aliphatic carbocycles. The first kappa shape index (κ1) is 23.8. The fraction of sp³-hybridized carbons (Fsp3) is 0.219. The van der Waals surface area contributed by atoms with E-state index in [0.29, 0.717) is 6.61 Å². The Bertz CT molecular complexity index is 1260. The molecule has 0 atom stereocenters. The molecule has 182 valence electrons. The SMILES string of the molecule is CCOC(=O)Nc1ccc(/C=C/CN2CCC(=C3c4ccccc4C=Cc4ccccc43)CC2)cc1. The molecule has 0 saturated carbocycles. The quantitative estimate of drug-likeness (QED) is 0.327. The molecule has 1 N–H and O–H groups in total. The van der Waals surface area contributed by atoms with E-state index in [2.05, 4.69) is 83.1 Å². The summed E-state index contributed by atoms with van der Waals surface area (Å²) in [6.45, 7) is 5.20. The van der Waals surface area contributed by atoms with Gasteiger partial charge in [-0.15, -0.1) is 0 Å². The van der Waals surface area contributed by atoms with Crippen molar-refractivity contribution < 1.29 is 9.53 Å². The molecule has 4 heteroatoms. The van der Waals surface area contributed by atoms with Gasteiger partial charge in [-0.2, -0.15) is 0 Å². The smallest absolute Gasteiger partial charge is 0.411 e. The van der Waals surface area contributed by atoms with Crippen LogP contribution in [0, 0.1) is 0 Å². The lowest BCUT2D eigenvalue weighted by Crippen LogP contribution is -2.31. The Kier molecular flexibility index (Phi) is 7.44. The van der Waals surface area contributed by atoms with Gasteiger partial charge in [0.05, 0.1) is 6.61 Å². The molecule has 1 amide bonds. The van der Waals surface area contributed by atoms with Crippen molar-refractivity contribution in [1.29, 1.82) is 0 Å². The molecule has 1 aliphatic heterocycles. The second-order valence-corrected chi connectivity index (χ2v) is 9.16. The largest absolute Gasteiger partial charge is 0.450 e. The summed E-state index contributed by atoms with van der Waals surface area (Å²) in [6, 6.07) is 25.3. The summed E-state index contributed by atoms with van der Waals surface area (Å²) in [5.74, 6) is 0. The Morgan fingerprint density at radius 3 is 2.11 bits per heavy atom. The molecule has 0 spiro atoms. The summed E-state index contributed by atoms with van der Waals surface area (Å²) in [5.41, 5.74) is 10.1. The first-order chi connectivity index (χ1) is 17.7. The Morgan fingerprint density at radius 2 is 1.50 bits per heavy atom. The summed E-state index contributed by atoms with van der Waals surface area (Å²) >= 11 is 0. The number of piperidine rings is 1. The minimum absolute atomic E-state index is 0.361. The highest BCUT2D eigenvalue weighted by Gasteiger charge is 2.22. The van der Waals surface area contributed by atoms with Crippen molar-refractivity contribution in [3.63, 3.8) is 0 Å². The predicted molar refractivity (Wildman–Crippen MR) is 150 cm³/mol. The topological polar surface area (TPSA) is 41.6 Å². The van der Waals surface area contributed by atoms with Gasteiger partial charge in [-0.05, 0) is 65.3 Å². The molecule has 0 bridgehead atoms. The molecule has 1 saturated heterocycles. The number of hydrogen-bond donors (Lipinski definition) is 1. The number of ether oxygens (including phenoxy) is 1. The maximum atomic E-state index is 11.5. The van der Waals surface area contributed by atoms with E-state index in [1.54, 1.807) is 12.5 Å². The van der Waals surface area contributed by atoms with Gasteiger partial charge in [-0.1, -0.05) is 90.5 Å². The van der Waals surface area contributed by atoms with E-state index in [0.717, 1.165) is 43.7 Å². The zero-order valence-electron chi connectivity index (χ0n) is 20.7. The van der Waals surface area contributed by atoms with Crippen molar-refractivity contribution in [3.8, 4) is 0 Å². The van der Waals surface area contributed by atoms with Crippen LogP contribution >= 0.6 is 0 Å². The number of likely N-dealkylation sites (tertiary alicyclic amines) is 1. The summed E-state index contributed by atoms with van der Waals surface area (Å²) in [4.78, 5) is 14.1. The van der Waals surface area contributed by atoms with Crippen LogP contribution in [0.3, 0.4) is 0 Å². The van der Waals surface area contributed by atoms with Gasteiger partial charge in [0, 0.05) is 25.3 Å². The molecule has 0 aromatic heterocycles. The molecule has 3 aromatic carbocycles. The molecule has 2 aliphatic rings. The van der Waals surface area contributed by atoms with Crippen LogP contribution in [0.25, 0.3) is 23.8 Å². The number of hydrogen-bond acceptors (Lipinski definition) is 3. The van der Waals surface area contributed by atoms with Crippen molar-refractivity contribution >= 4 is 35.6 Å². The van der Waals surface area contributed by atoms with Crippen molar-refractivity contribution in [2.75, 3.05) is 31.6 Å². The van der Waals surface area contributed by atoms with Gasteiger partial charge in [-0.25, -0.2) is 4.79 Å². The number of benzene rings is 3. The van der Waals surface area contributed by atoms with Gasteiger partial charge in [0.1, 0.15) is 0 Å². The number of nitrogens with one attached hydrogen (secondary N) is 1. The van der Waals surface area contributed by atoms with E-state index in [9.17, 15) is 4.79 Å². The number of carbonyl (C=O) groups is 1. The van der Waals surface area contributed by atoms with Crippen LogP contribution in [-0.2, 0) is 4.74 Å². The molecular weight excluding hydrogens is 444 g/mol. The highest BCUT2D eigenvalue weighted by molar-refractivity contribution is 5.95.